The standard InChI is InChI=1S/C13H21N3O4S/c1-8-10(9(2)16(6)14-8)21(18,19)15-13(5)7-12(3,4)20-11(13)17/h15H,7H2,1-6H3/t13-/m0/s1. The number of carbonyl (C=O) groups excluding carboxylic acids is 1. The SMILES string of the molecule is Cc1nn(C)c(C)c1S(=O)(=O)N[C@@]1(C)CC(C)(C)OC1=O. The average Bonchev–Trinajstić information content (AvgIpc) is 2.60. The van der Waals surface area contributed by atoms with Crippen molar-refractivity contribution < 1.29 is 17.9 Å². The van der Waals surface area contributed by atoms with Crippen molar-refractivity contribution in [3.05, 3.63) is 11.4 Å². The maximum Gasteiger partial charge on any atom is 0.327 e. The van der Waals surface area contributed by atoms with Gasteiger partial charge in [-0.05, 0) is 34.6 Å². The minimum absolute atomic E-state index is 0.115. The topological polar surface area (TPSA) is 90.3 Å². The fraction of sp³-hybridized carbons (Fsp3) is 0.692. The number of esters is 1. The first kappa shape index (κ1) is 16.0. The molecule has 1 N–H and O–H groups in total. The zero-order valence-corrected chi connectivity index (χ0v) is 14.0. The lowest BCUT2D eigenvalue weighted by molar-refractivity contribution is -0.149. The van der Waals surface area contributed by atoms with Gasteiger partial charge in [0.05, 0.1) is 11.4 Å². The second-order valence-electron chi connectivity index (χ2n) is 6.39. The Kier molecular flexibility index (Phi) is 3.45. The summed E-state index contributed by atoms with van der Waals surface area (Å²) >= 11 is 0. The second kappa shape index (κ2) is 4.54. The molecule has 8 heteroatoms. The number of nitrogens with zero attached hydrogens (tertiary/aromatic N) is 2. The van der Waals surface area contributed by atoms with Gasteiger partial charge in [0.25, 0.3) is 0 Å². The monoisotopic (exact) mass is 315 g/mol. The van der Waals surface area contributed by atoms with Crippen LogP contribution in [0, 0.1) is 13.8 Å². The third-order valence-corrected chi connectivity index (χ3v) is 5.52. The van der Waals surface area contributed by atoms with E-state index >= 15 is 0 Å². The highest BCUT2D eigenvalue weighted by molar-refractivity contribution is 7.89. The van der Waals surface area contributed by atoms with Gasteiger partial charge in [0, 0.05) is 13.5 Å². The number of aromatic nitrogens is 2. The molecule has 118 valence electrons. The molecule has 1 fully saturated rings. The molecule has 1 aliphatic heterocycles. The van der Waals surface area contributed by atoms with Gasteiger partial charge < -0.3 is 4.74 Å². The average molecular weight is 315 g/mol. The normalized spacial score (nSPS) is 25.1. The quantitative estimate of drug-likeness (QED) is 0.833. The molecule has 2 heterocycles. The van der Waals surface area contributed by atoms with E-state index in [2.05, 4.69) is 9.82 Å². The van der Waals surface area contributed by atoms with Gasteiger partial charge in [0.1, 0.15) is 16.0 Å². The van der Waals surface area contributed by atoms with Gasteiger partial charge in [-0.3, -0.25) is 9.48 Å². The molecule has 1 saturated heterocycles. The molecule has 0 spiro atoms. The van der Waals surface area contributed by atoms with Crippen molar-refractivity contribution in [2.75, 3.05) is 0 Å². The minimum Gasteiger partial charge on any atom is -0.458 e. The molecule has 2 rings (SSSR count). The molecule has 1 aromatic rings. The number of nitrogens with one attached hydrogen (secondary N) is 1. The van der Waals surface area contributed by atoms with Crippen LogP contribution in [-0.4, -0.2) is 35.3 Å². The van der Waals surface area contributed by atoms with Crippen LogP contribution in [0.2, 0.25) is 0 Å². The van der Waals surface area contributed by atoms with E-state index in [0.29, 0.717) is 11.4 Å². The zero-order valence-electron chi connectivity index (χ0n) is 13.1. The summed E-state index contributed by atoms with van der Waals surface area (Å²) in [5.41, 5.74) is -1.03. The van der Waals surface area contributed by atoms with Crippen molar-refractivity contribution in [1.29, 1.82) is 0 Å². The molecule has 0 aromatic carbocycles. The molecule has 1 aromatic heterocycles. The summed E-state index contributed by atoms with van der Waals surface area (Å²) < 4.78 is 34.5. The Morgan fingerprint density at radius 2 is 1.86 bits per heavy atom. The second-order valence-corrected chi connectivity index (χ2v) is 8.01. The highest BCUT2D eigenvalue weighted by Gasteiger charge is 2.52. The first-order chi connectivity index (χ1) is 9.38. The summed E-state index contributed by atoms with van der Waals surface area (Å²) in [4.78, 5) is 12.1. The highest BCUT2D eigenvalue weighted by atomic mass is 32.2. The van der Waals surface area contributed by atoms with Gasteiger partial charge >= 0.3 is 5.97 Å². The summed E-state index contributed by atoms with van der Waals surface area (Å²) in [5.74, 6) is -0.560. The fourth-order valence-electron chi connectivity index (χ4n) is 2.89. The molecule has 0 aliphatic carbocycles. The van der Waals surface area contributed by atoms with Crippen molar-refractivity contribution >= 4 is 16.0 Å². The van der Waals surface area contributed by atoms with Crippen LogP contribution < -0.4 is 4.72 Å². The summed E-state index contributed by atoms with van der Waals surface area (Å²) in [7, 11) is -2.18. The third kappa shape index (κ3) is 2.69. The zero-order chi connectivity index (χ0) is 16.2. The Hall–Kier alpha value is -1.41. The molecular formula is C13H21N3O4S. The van der Waals surface area contributed by atoms with Gasteiger partial charge in [-0.25, -0.2) is 8.42 Å². The van der Waals surface area contributed by atoms with Crippen molar-refractivity contribution in [2.24, 2.45) is 7.05 Å². The molecule has 0 unspecified atom stereocenters. The Balaban J connectivity index is 2.41. The van der Waals surface area contributed by atoms with Crippen molar-refractivity contribution in [3.8, 4) is 0 Å². The van der Waals surface area contributed by atoms with E-state index in [-0.39, 0.29) is 11.3 Å². The van der Waals surface area contributed by atoms with Gasteiger partial charge in [0.15, 0.2) is 0 Å². The number of ether oxygens (including phenoxy) is 1. The Bertz CT molecular complexity index is 705. The summed E-state index contributed by atoms with van der Waals surface area (Å²) in [6, 6.07) is 0. The Labute approximate surface area is 124 Å². The largest absolute Gasteiger partial charge is 0.458 e. The third-order valence-electron chi connectivity index (χ3n) is 3.67. The first-order valence-corrected chi connectivity index (χ1v) is 8.14. The van der Waals surface area contributed by atoms with E-state index in [1.54, 1.807) is 41.7 Å². The molecule has 1 aliphatic rings. The number of carbonyl (C=O) groups is 1. The Morgan fingerprint density at radius 3 is 2.24 bits per heavy atom. The van der Waals surface area contributed by atoms with Crippen LogP contribution in [0.25, 0.3) is 0 Å². The molecule has 0 amide bonds. The molecule has 21 heavy (non-hydrogen) atoms. The molecule has 1 atom stereocenters. The number of hydrogen-bond acceptors (Lipinski definition) is 5. The van der Waals surface area contributed by atoms with Crippen LogP contribution in [0.5, 0.6) is 0 Å². The van der Waals surface area contributed by atoms with Crippen molar-refractivity contribution in [1.82, 2.24) is 14.5 Å². The Morgan fingerprint density at radius 1 is 1.29 bits per heavy atom. The van der Waals surface area contributed by atoms with Crippen LogP contribution in [0.1, 0.15) is 38.6 Å². The lowest BCUT2D eigenvalue weighted by atomic mass is 9.93. The number of sulfonamides is 1. The fourth-order valence-corrected chi connectivity index (χ4v) is 4.69. The lowest BCUT2D eigenvalue weighted by Crippen LogP contribution is -2.49. The number of rotatable bonds is 3. The molecule has 0 bridgehead atoms. The number of cyclic esters (lactones) is 1. The van der Waals surface area contributed by atoms with Crippen LogP contribution in [-0.2, 0) is 26.6 Å². The van der Waals surface area contributed by atoms with Crippen molar-refractivity contribution in [2.45, 2.75) is 57.1 Å². The van der Waals surface area contributed by atoms with Gasteiger partial charge in [-0.1, -0.05) is 0 Å². The molecular weight excluding hydrogens is 294 g/mol. The molecule has 0 radical (unpaired) electrons. The predicted octanol–water partition coefficient (Wildman–Crippen LogP) is 0.799. The number of aryl methyl sites for hydroxylation is 2. The van der Waals surface area contributed by atoms with Crippen LogP contribution >= 0.6 is 0 Å². The molecule has 0 saturated carbocycles. The summed E-state index contributed by atoms with van der Waals surface area (Å²) in [6.07, 6.45) is 0.274. The van der Waals surface area contributed by atoms with E-state index in [4.69, 9.17) is 4.74 Å². The van der Waals surface area contributed by atoms with Crippen LogP contribution in [0.4, 0.5) is 0 Å². The van der Waals surface area contributed by atoms with Crippen LogP contribution in [0.3, 0.4) is 0 Å². The summed E-state index contributed by atoms with van der Waals surface area (Å²) in [6.45, 7) is 8.35. The maximum absolute atomic E-state index is 12.6. The van der Waals surface area contributed by atoms with E-state index in [1.165, 1.54) is 4.68 Å². The summed E-state index contributed by atoms with van der Waals surface area (Å²) in [5, 5.41) is 4.10. The first-order valence-electron chi connectivity index (χ1n) is 6.66. The van der Waals surface area contributed by atoms with Gasteiger partial charge in [0.2, 0.25) is 10.0 Å². The smallest absolute Gasteiger partial charge is 0.327 e. The van der Waals surface area contributed by atoms with E-state index in [9.17, 15) is 13.2 Å². The lowest BCUT2D eigenvalue weighted by Gasteiger charge is -2.22. The van der Waals surface area contributed by atoms with E-state index < -0.39 is 27.1 Å². The van der Waals surface area contributed by atoms with Gasteiger partial charge in [-0.2, -0.15) is 9.82 Å². The maximum atomic E-state index is 12.6. The van der Waals surface area contributed by atoms with E-state index in [1.807, 2.05) is 0 Å². The van der Waals surface area contributed by atoms with Gasteiger partial charge in [-0.15, -0.1) is 0 Å². The van der Waals surface area contributed by atoms with Crippen LogP contribution in [0.15, 0.2) is 4.90 Å². The predicted molar refractivity (Wildman–Crippen MR) is 76.2 cm³/mol. The highest BCUT2D eigenvalue weighted by Crippen LogP contribution is 2.35. The van der Waals surface area contributed by atoms with E-state index in [0.717, 1.165) is 0 Å². The molecule has 7 nitrogen and oxygen atoms in total. The number of hydrogen-bond donors (Lipinski definition) is 1. The minimum atomic E-state index is -3.86. The van der Waals surface area contributed by atoms with Crippen molar-refractivity contribution in [3.63, 3.8) is 0 Å².